The van der Waals surface area contributed by atoms with Crippen molar-refractivity contribution < 1.29 is 0 Å². The van der Waals surface area contributed by atoms with Crippen LogP contribution in [0.4, 0.5) is 17.1 Å². The number of benzene rings is 9. The molecule has 3 heterocycles. The summed E-state index contributed by atoms with van der Waals surface area (Å²) < 4.78 is 7.46. The van der Waals surface area contributed by atoms with Crippen molar-refractivity contribution in [2.45, 2.75) is 0 Å². The van der Waals surface area contributed by atoms with Gasteiger partial charge in [-0.15, -0.1) is 11.3 Å². The van der Waals surface area contributed by atoms with Crippen molar-refractivity contribution in [3.05, 3.63) is 212 Å². The van der Waals surface area contributed by atoms with Crippen molar-refractivity contribution in [1.29, 1.82) is 0 Å². The summed E-state index contributed by atoms with van der Waals surface area (Å²) in [6.45, 7) is 0. The lowest BCUT2D eigenvalue weighted by molar-refractivity contribution is 1.17. The molecular formula is C54H35N3S. The summed E-state index contributed by atoms with van der Waals surface area (Å²) >= 11 is 1.90. The second-order valence-electron chi connectivity index (χ2n) is 14.9. The molecule has 58 heavy (non-hydrogen) atoms. The highest BCUT2D eigenvalue weighted by Gasteiger charge is 2.20. The number of nitrogens with zero attached hydrogens (tertiary/aromatic N) is 3. The topological polar surface area (TPSA) is 13.1 Å². The molecule has 0 fully saturated rings. The number of thiophene rings is 1. The van der Waals surface area contributed by atoms with Gasteiger partial charge in [0, 0.05) is 70.2 Å². The molecule has 3 nitrogen and oxygen atoms in total. The Morgan fingerprint density at radius 3 is 1.67 bits per heavy atom. The summed E-state index contributed by atoms with van der Waals surface area (Å²) in [5.74, 6) is 0. The maximum atomic E-state index is 2.44. The van der Waals surface area contributed by atoms with E-state index in [1.54, 1.807) is 0 Å². The fraction of sp³-hybridized carbons (Fsp3) is 0. The SMILES string of the molecule is c1ccc(-c2ccc3sc4c(ccc5c4c4ccccc4n5-c4ccc(N(c5ccccc5)c5ccc6c(c5)c5ccccc5n6-c5ccccc5)cc4)c3c2)cc1. The van der Waals surface area contributed by atoms with E-state index >= 15 is 0 Å². The van der Waals surface area contributed by atoms with Crippen molar-refractivity contribution in [1.82, 2.24) is 9.13 Å². The number of para-hydroxylation sites is 4. The van der Waals surface area contributed by atoms with E-state index in [0.29, 0.717) is 0 Å². The predicted molar refractivity (Wildman–Crippen MR) is 248 cm³/mol. The molecule has 3 aromatic heterocycles. The Morgan fingerprint density at radius 1 is 0.328 bits per heavy atom. The van der Waals surface area contributed by atoms with Crippen molar-refractivity contribution in [2.75, 3.05) is 4.90 Å². The second kappa shape index (κ2) is 13.1. The van der Waals surface area contributed by atoms with Gasteiger partial charge in [0.25, 0.3) is 0 Å². The molecule has 9 aromatic carbocycles. The van der Waals surface area contributed by atoms with Gasteiger partial charge >= 0.3 is 0 Å². The second-order valence-corrected chi connectivity index (χ2v) is 16.0. The van der Waals surface area contributed by atoms with E-state index < -0.39 is 0 Å². The largest absolute Gasteiger partial charge is 0.310 e. The highest BCUT2D eigenvalue weighted by atomic mass is 32.1. The zero-order valence-corrected chi connectivity index (χ0v) is 32.3. The maximum Gasteiger partial charge on any atom is 0.0555 e. The first-order valence-electron chi connectivity index (χ1n) is 19.8. The molecule has 0 amide bonds. The Balaban J connectivity index is 1.00. The molecule has 0 aliphatic rings. The minimum Gasteiger partial charge on any atom is -0.310 e. The molecule has 0 N–H and O–H groups in total. The molecule has 0 atom stereocenters. The fourth-order valence-corrected chi connectivity index (χ4v) is 10.3. The molecule has 4 heteroatoms. The van der Waals surface area contributed by atoms with Crippen molar-refractivity contribution in [2.24, 2.45) is 0 Å². The average Bonchev–Trinajstić information content (AvgIpc) is 3.95. The third-order valence-electron chi connectivity index (χ3n) is 11.7. The maximum absolute atomic E-state index is 2.44. The van der Waals surface area contributed by atoms with Crippen LogP contribution < -0.4 is 4.90 Å². The molecule has 0 saturated heterocycles. The summed E-state index contributed by atoms with van der Waals surface area (Å²) in [5, 5.41) is 7.68. The summed E-state index contributed by atoms with van der Waals surface area (Å²) in [6.07, 6.45) is 0. The minimum atomic E-state index is 1.10. The van der Waals surface area contributed by atoms with E-state index in [1.165, 1.54) is 74.9 Å². The molecular weight excluding hydrogens is 723 g/mol. The zero-order valence-electron chi connectivity index (χ0n) is 31.5. The van der Waals surface area contributed by atoms with E-state index in [-0.39, 0.29) is 0 Å². The van der Waals surface area contributed by atoms with E-state index in [2.05, 4.69) is 226 Å². The van der Waals surface area contributed by atoms with Crippen LogP contribution in [-0.2, 0) is 0 Å². The van der Waals surface area contributed by atoms with Gasteiger partial charge in [0.2, 0.25) is 0 Å². The Kier molecular flexibility index (Phi) is 7.40. The van der Waals surface area contributed by atoms with Gasteiger partial charge in [0.1, 0.15) is 0 Å². The van der Waals surface area contributed by atoms with Crippen LogP contribution in [0.1, 0.15) is 0 Å². The van der Waals surface area contributed by atoms with Crippen LogP contribution in [0.2, 0.25) is 0 Å². The van der Waals surface area contributed by atoms with E-state index in [0.717, 1.165) is 28.4 Å². The molecule has 0 aliphatic carbocycles. The van der Waals surface area contributed by atoms with Gasteiger partial charge in [0.15, 0.2) is 0 Å². The van der Waals surface area contributed by atoms with E-state index in [9.17, 15) is 0 Å². The Hall–Kier alpha value is -7.40. The standard InChI is InChI=1S/C54H35N3S/c1-4-14-36(15-5-1)37-24-33-52-47(34-37)44-30-32-51-53(54(44)58-52)45-21-11-13-23-49(45)57(51)41-27-25-40(26-28-41)55(38-16-6-2-7-17-38)42-29-31-50-46(35-42)43-20-10-12-22-48(43)56(50)39-18-8-3-9-19-39/h1-35H. The molecule has 0 bridgehead atoms. The van der Waals surface area contributed by atoms with Gasteiger partial charge in [-0.2, -0.15) is 0 Å². The first-order chi connectivity index (χ1) is 28.8. The fourth-order valence-electron chi connectivity index (χ4n) is 9.10. The van der Waals surface area contributed by atoms with Gasteiger partial charge < -0.3 is 14.0 Å². The average molecular weight is 758 g/mol. The Labute approximate surface area is 339 Å². The van der Waals surface area contributed by atoms with Crippen LogP contribution in [0.5, 0.6) is 0 Å². The van der Waals surface area contributed by atoms with Crippen LogP contribution in [-0.4, -0.2) is 9.13 Å². The van der Waals surface area contributed by atoms with E-state index in [1.807, 2.05) is 11.3 Å². The van der Waals surface area contributed by atoms with Crippen molar-refractivity contribution in [3.8, 4) is 22.5 Å². The highest BCUT2D eigenvalue weighted by molar-refractivity contribution is 7.26. The number of aromatic nitrogens is 2. The number of rotatable bonds is 6. The summed E-state index contributed by atoms with van der Waals surface area (Å²) in [5.41, 5.74) is 12.9. The zero-order chi connectivity index (χ0) is 38.2. The van der Waals surface area contributed by atoms with Crippen LogP contribution in [0.25, 0.3) is 86.3 Å². The molecule has 0 saturated carbocycles. The van der Waals surface area contributed by atoms with Crippen LogP contribution in [0.3, 0.4) is 0 Å². The molecule has 0 aliphatic heterocycles. The summed E-state index contributed by atoms with van der Waals surface area (Å²) in [7, 11) is 0. The lowest BCUT2D eigenvalue weighted by Gasteiger charge is -2.26. The highest BCUT2D eigenvalue weighted by Crippen LogP contribution is 2.45. The predicted octanol–water partition coefficient (Wildman–Crippen LogP) is 15.4. The van der Waals surface area contributed by atoms with E-state index in [4.69, 9.17) is 0 Å². The third kappa shape index (κ3) is 5.05. The normalized spacial score (nSPS) is 11.8. The number of anilines is 3. The molecule has 0 radical (unpaired) electrons. The van der Waals surface area contributed by atoms with Crippen molar-refractivity contribution in [3.63, 3.8) is 0 Å². The van der Waals surface area contributed by atoms with Gasteiger partial charge in [-0.1, -0.05) is 115 Å². The van der Waals surface area contributed by atoms with Crippen LogP contribution in [0, 0.1) is 0 Å². The monoisotopic (exact) mass is 757 g/mol. The van der Waals surface area contributed by atoms with Gasteiger partial charge in [0.05, 0.1) is 22.1 Å². The van der Waals surface area contributed by atoms with Gasteiger partial charge in [-0.05, 0) is 108 Å². The van der Waals surface area contributed by atoms with Crippen LogP contribution >= 0.6 is 11.3 Å². The first-order valence-corrected chi connectivity index (χ1v) is 20.6. The third-order valence-corrected chi connectivity index (χ3v) is 12.9. The van der Waals surface area contributed by atoms with Crippen LogP contribution in [0.15, 0.2) is 212 Å². The number of hydrogen-bond donors (Lipinski definition) is 0. The molecule has 272 valence electrons. The Bertz CT molecular complexity index is 3490. The number of fused-ring (bicyclic) bond motifs is 10. The summed E-state index contributed by atoms with van der Waals surface area (Å²) in [4.78, 5) is 2.37. The molecule has 12 rings (SSSR count). The number of hydrogen-bond acceptors (Lipinski definition) is 2. The first kappa shape index (κ1) is 32.8. The lowest BCUT2D eigenvalue weighted by Crippen LogP contribution is -2.10. The van der Waals surface area contributed by atoms with Gasteiger partial charge in [-0.25, -0.2) is 0 Å². The minimum absolute atomic E-state index is 1.10. The summed E-state index contributed by atoms with van der Waals surface area (Å²) in [6, 6.07) is 77.2. The Morgan fingerprint density at radius 2 is 0.897 bits per heavy atom. The van der Waals surface area contributed by atoms with Gasteiger partial charge in [-0.3, -0.25) is 0 Å². The molecule has 12 aromatic rings. The molecule has 0 unspecified atom stereocenters. The van der Waals surface area contributed by atoms with Crippen molar-refractivity contribution >= 4 is 92.2 Å². The lowest BCUT2D eigenvalue weighted by atomic mass is 10.0. The molecule has 0 spiro atoms. The smallest absolute Gasteiger partial charge is 0.0555 e. The quantitative estimate of drug-likeness (QED) is 0.165.